The SMILES string of the molecule is O[C@@H](CSc1nnc(-c2cccs2)o1)c1ccc(F)cc1. The van der Waals surface area contributed by atoms with Crippen LogP contribution in [0.2, 0.25) is 0 Å². The van der Waals surface area contributed by atoms with E-state index in [9.17, 15) is 9.50 Å². The number of nitrogens with zero attached hydrogens (tertiary/aromatic N) is 2. The second-order valence-corrected chi connectivity index (χ2v) is 6.15. The standard InChI is InChI=1S/C14H11FN2O2S2/c15-10-5-3-9(4-6-10)11(18)8-21-14-17-16-13(19-14)12-2-1-7-20-12/h1-7,11,18H,8H2/t11-/m0/s1. The summed E-state index contributed by atoms with van der Waals surface area (Å²) in [4.78, 5) is 0.911. The summed E-state index contributed by atoms with van der Waals surface area (Å²) >= 11 is 2.79. The molecule has 0 aliphatic carbocycles. The minimum atomic E-state index is -0.715. The molecule has 0 bridgehead atoms. The van der Waals surface area contributed by atoms with Crippen LogP contribution >= 0.6 is 23.1 Å². The van der Waals surface area contributed by atoms with Gasteiger partial charge < -0.3 is 9.52 Å². The van der Waals surface area contributed by atoms with E-state index in [-0.39, 0.29) is 5.82 Å². The number of halogens is 1. The summed E-state index contributed by atoms with van der Waals surface area (Å²) in [6.45, 7) is 0. The third kappa shape index (κ3) is 3.49. The maximum Gasteiger partial charge on any atom is 0.276 e. The number of aromatic nitrogens is 2. The van der Waals surface area contributed by atoms with Crippen molar-refractivity contribution >= 4 is 23.1 Å². The maximum absolute atomic E-state index is 12.8. The molecule has 0 spiro atoms. The molecule has 3 aromatic rings. The van der Waals surface area contributed by atoms with E-state index in [1.54, 1.807) is 12.1 Å². The average molecular weight is 322 g/mol. The minimum Gasteiger partial charge on any atom is -0.410 e. The smallest absolute Gasteiger partial charge is 0.276 e. The highest BCUT2D eigenvalue weighted by molar-refractivity contribution is 7.99. The van der Waals surface area contributed by atoms with Crippen LogP contribution in [0, 0.1) is 5.82 Å². The van der Waals surface area contributed by atoms with E-state index < -0.39 is 6.10 Å². The van der Waals surface area contributed by atoms with Crippen LogP contribution in [-0.2, 0) is 0 Å². The Morgan fingerprint density at radius 2 is 2.05 bits per heavy atom. The van der Waals surface area contributed by atoms with Crippen molar-refractivity contribution in [1.29, 1.82) is 0 Å². The van der Waals surface area contributed by atoms with Crippen LogP contribution in [0.25, 0.3) is 10.8 Å². The molecule has 108 valence electrons. The van der Waals surface area contributed by atoms with Gasteiger partial charge in [-0.1, -0.05) is 30.0 Å². The normalized spacial score (nSPS) is 12.5. The van der Waals surface area contributed by atoms with Gasteiger partial charge in [0, 0.05) is 5.75 Å². The average Bonchev–Trinajstić information content (AvgIpc) is 3.16. The summed E-state index contributed by atoms with van der Waals surface area (Å²) in [7, 11) is 0. The molecule has 0 aliphatic heterocycles. The molecule has 21 heavy (non-hydrogen) atoms. The fraction of sp³-hybridized carbons (Fsp3) is 0.143. The topological polar surface area (TPSA) is 59.2 Å². The lowest BCUT2D eigenvalue weighted by molar-refractivity contribution is 0.203. The monoisotopic (exact) mass is 322 g/mol. The molecule has 0 aliphatic rings. The van der Waals surface area contributed by atoms with Crippen molar-refractivity contribution in [3.05, 3.63) is 53.2 Å². The van der Waals surface area contributed by atoms with Crippen LogP contribution in [0.3, 0.4) is 0 Å². The quantitative estimate of drug-likeness (QED) is 0.725. The zero-order valence-electron chi connectivity index (χ0n) is 10.8. The van der Waals surface area contributed by atoms with Crippen molar-refractivity contribution < 1.29 is 13.9 Å². The minimum absolute atomic E-state index is 0.323. The molecular formula is C14H11FN2O2S2. The summed E-state index contributed by atoms with van der Waals surface area (Å²) in [5, 5.41) is 20.3. The zero-order chi connectivity index (χ0) is 14.7. The number of rotatable bonds is 5. The van der Waals surface area contributed by atoms with Gasteiger partial charge in [-0.3, -0.25) is 0 Å². The molecule has 1 atom stereocenters. The second kappa shape index (κ2) is 6.38. The van der Waals surface area contributed by atoms with Crippen molar-refractivity contribution in [2.45, 2.75) is 11.3 Å². The molecule has 2 heterocycles. The molecule has 0 saturated heterocycles. The van der Waals surface area contributed by atoms with E-state index in [2.05, 4.69) is 10.2 Å². The van der Waals surface area contributed by atoms with Crippen LogP contribution in [0.4, 0.5) is 4.39 Å². The fourth-order valence-corrected chi connectivity index (χ4v) is 3.07. The van der Waals surface area contributed by atoms with Gasteiger partial charge in [0.25, 0.3) is 11.1 Å². The number of hydrogen-bond acceptors (Lipinski definition) is 6. The second-order valence-electron chi connectivity index (χ2n) is 4.23. The van der Waals surface area contributed by atoms with Crippen molar-refractivity contribution in [2.75, 3.05) is 5.75 Å². The van der Waals surface area contributed by atoms with Gasteiger partial charge in [-0.2, -0.15) is 0 Å². The van der Waals surface area contributed by atoms with E-state index >= 15 is 0 Å². The van der Waals surface area contributed by atoms with Gasteiger partial charge in [-0.15, -0.1) is 21.5 Å². The summed E-state index contributed by atoms with van der Waals surface area (Å²) in [6.07, 6.45) is -0.715. The summed E-state index contributed by atoms with van der Waals surface area (Å²) < 4.78 is 18.3. The van der Waals surface area contributed by atoms with Gasteiger partial charge >= 0.3 is 0 Å². The predicted octanol–water partition coefficient (Wildman–Crippen LogP) is 3.76. The Balaban J connectivity index is 1.61. The molecule has 7 heteroatoms. The summed E-state index contributed by atoms with van der Waals surface area (Å²) in [5.74, 6) is 0.511. The largest absolute Gasteiger partial charge is 0.410 e. The predicted molar refractivity (Wildman–Crippen MR) is 79.7 cm³/mol. The van der Waals surface area contributed by atoms with Gasteiger partial charge in [-0.25, -0.2) is 4.39 Å². The van der Waals surface area contributed by atoms with Crippen LogP contribution in [-0.4, -0.2) is 21.1 Å². The molecule has 0 radical (unpaired) electrons. The molecule has 3 rings (SSSR count). The van der Waals surface area contributed by atoms with Crippen LogP contribution in [0.15, 0.2) is 51.4 Å². The van der Waals surface area contributed by atoms with Crippen LogP contribution in [0.5, 0.6) is 0 Å². The van der Waals surface area contributed by atoms with E-state index in [4.69, 9.17) is 4.42 Å². The van der Waals surface area contributed by atoms with E-state index in [0.29, 0.717) is 22.4 Å². The molecule has 0 amide bonds. The van der Waals surface area contributed by atoms with Crippen molar-refractivity contribution in [3.63, 3.8) is 0 Å². The number of thiophene rings is 1. The molecule has 0 fully saturated rings. The number of aliphatic hydroxyl groups excluding tert-OH is 1. The molecule has 0 saturated carbocycles. The lowest BCUT2D eigenvalue weighted by atomic mass is 10.1. The zero-order valence-corrected chi connectivity index (χ0v) is 12.4. The number of hydrogen-bond donors (Lipinski definition) is 1. The van der Waals surface area contributed by atoms with Gasteiger partial charge in [0.15, 0.2) is 0 Å². The highest BCUT2D eigenvalue weighted by Gasteiger charge is 2.13. The first-order valence-corrected chi connectivity index (χ1v) is 8.02. The summed E-state index contributed by atoms with van der Waals surface area (Å²) in [5.41, 5.74) is 0.655. The number of thioether (sulfide) groups is 1. The van der Waals surface area contributed by atoms with Crippen LogP contribution in [0.1, 0.15) is 11.7 Å². The Labute approximate surface area is 128 Å². The Bertz CT molecular complexity index is 698. The first-order valence-electron chi connectivity index (χ1n) is 6.16. The molecule has 1 N–H and O–H groups in total. The third-order valence-corrected chi connectivity index (χ3v) is 4.51. The first-order chi connectivity index (χ1) is 10.2. The van der Waals surface area contributed by atoms with Gasteiger partial charge in [0.2, 0.25) is 0 Å². The van der Waals surface area contributed by atoms with Gasteiger partial charge in [0.05, 0.1) is 11.0 Å². The fourth-order valence-electron chi connectivity index (χ4n) is 1.70. The number of aliphatic hydroxyl groups is 1. The van der Waals surface area contributed by atoms with E-state index in [0.717, 1.165) is 4.88 Å². The third-order valence-electron chi connectivity index (χ3n) is 2.76. The highest BCUT2D eigenvalue weighted by Crippen LogP contribution is 2.28. The van der Waals surface area contributed by atoms with Crippen LogP contribution < -0.4 is 0 Å². The maximum atomic E-state index is 12.8. The van der Waals surface area contributed by atoms with Crippen molar-refractivity contribution in [2.24, 2.45) is 0 Å². The summed E-state index contributed by atoms with van der Waals surface area (Å²) in [6, 6.07) is 9.59. The molecule has 0 unspecified atom stereocenters. The Morgan fingerprint density at radius 3 is 2.76 bits per heavy atom. The highest BCUT2D eigenvalue weighted by atomic mass is 32.2. The van der Waals surface area contributed by atoms with Gasteiger partial charge in [0.1, 0.15) is 5.82 Å². The molecule has 1 aromatic carbocycles. The molecular weight excluding hydrogens is 311 g/mol. The Kier molecular flexibility index (Phi) is 4.33. The number of benzene rings is 1. The Morgan fingerprint density at radius 1 is 1.24 bits per heavy atom. The first kappa shape index (κ1) is 14.2. The molecule has 4 nitrogen and oxygen atoms in total. The van der Waals surface area contributed by atoms with E-state index in [1.807, 2.05) is 17.5 Å². The lowest BCUT2D eigenvalue weighted by Gasteiger charge is -2.08. The lowest BCUT2D eigenvalue weighted by Crippen LogP contribution is -2.00. The van der Waals surface area contributed by atoms with Crippen molar-refractivity contribution in [1.82, 2.24) is 10.2 Å². The van der Waals surface area contributed by atoms with Crippen molar-refractivity contribution in [3.8, 4) is 10.8 Å². The Hall–Kier alpha value is -1.70. The van der Waals surface area contributed by atoms with Gasteiger partial charge in [-0.05, 0) is 29.1 Å². The molecule has 2 aromatic heterocycles. The van der Waals surface area contributed by atoms with E-state index in [1.165, 1.54) is 35.2 Å².